The van der Waals surface area contributed by atoms with Crippen LogP contribution >= 0.6 is 11.6 Å². The molecular formula is C32H57ClN8O10Si2. The van der Waals surface area contributed by atoms with E-state index in [2.05, 4.69) is 59.0 Å². The van der Waals surface area contributed by atoms with Crippen molar-refractivity contribution in [3.8, 4) is 0 Å². The zero-order valence-corrected chi connectivity index (χ0v) is 35.3. The summed E-state index contributed by atoms with van der Waals surface area (Å²) < 4.78 is 27.6. The molecule has 0 bridgehead atoms. The Hall–Kier alpha value is -3.22. The molecule has 0 amide bonds. The van der Waals surface area contributed by atoms with Gasteiger partial charge >= 0.3 is 11.4 Å². The van der Waals surface area contributed by atoms with Gasteiger partial charge in [-0.15, -0.1) is 11.6 Å². The third-order valence-electron chi connectivity index (χ3n) is 7.72. The van der Waals surface area contributed by atoms with Crippen molar-refractivity contribution in [3.63, 3.8) is 0 Å². The highest BCUT2D eigenvalue weighted by Crippen LogP contribution is 2.11. The first-order chi connectivity index (χ1) is 24.8. The van der Waals surface area contributed by atoms with Gasteiger partial charge in [-0.25, -0.2) is 19.6 Å². The maximum atomic E-state index is 12.8. The molecule has 0 radical (unpaired) electrons. The Balaban J connectivity index is 0.000000318. The summed E-state index contributed by atoms with van der Waals surface area (Å²) in [7, 11) is 3.77. The summed E-state index contributed by atoms with van der Waals surface area (Å²) in [5.74, 6) is 0.244. The summed E-state index contributed by atoms with van der Waals surface area (Å²) in [6.07, 6.45) is 1.56. The van der Waals surface area contributed by atoms with Gasteiger partial charge in [-0.3, -0.25) is 28.3 Å². The Bertz CT molecular complexity index is 1970. The molecule has 0 aliphatic carbocycles. The average Bonchev–Trinajstić information content (AvgIpc) is 3.70. The molecule has 53 heavy (non-hydrogen) atoms. The molecule has 3 N–H and O–H groups in total. The lowest BCUT2D eigenvalue weighted by molar-refractivity contribution is 0.0520. The maximum absolute atomic E-state index is 12.8. The van der Waals surface area contributed by atoms with Crippen molar-refractivity contribution in [2.24, 2.45) is 14.1 Å². The lowest BCUT2D eigenvalue weighted by Crippen LogP contribution is -2.43. The topological polar surface area (TPSA) is 212 Å². The number of aliphatic hydroxyl groups is 2. The van der Waals surface area contributed by atoms with Crippen LogP contribution in [0.2, 0.25) is 51.4 Å². The van der Waals surface area contributed by atoms with E-state index in [4.69, 9.17) is 30.9 Å². The van der Waals surface area contributed by atoms with Gasteiger partial charge in [-0.05, 0) is 12.1 Å². The molecular weight excluding hydrogens is 748 g/mol. The van der Waals surface area contributed by atoms with Gasteiger partial charge in [-0.1, -0.05) is 39.3 Å². The summed E-state index contributed by atoms with van der Waals surface area (Å²) >= 11 is 5.20. The number of methoxy groups -OCH3 is 2. The van der Waals surface area contributed by atoms with Crippen molar-refractivity contribution in [2.45, 2.75) is 83.6 Å². The largest absolute Gasteiger partial charge is 0.389 e. The average molecular weight is 805 g/mol. The van der Waals surface area contributed by atoms with Crippen LogP contribution in [0.5, 0.6) is 0 Å². The first kappa shape index (κ1) is 45.9. The second-order valence-corrected chi connectivity index (χ2v) is 26.5. The summed E-state index contributed by atoms with van der Waals surface area (Å²) in [5, 5.41) is 18.5. The van der Waals surface area contributed by atoms with Gasteiger partial charge in [0.05, 0.1) is 50.5 Å². The summed E-state index contributed by atoms with van der Waals surface area (Å²) in [5.41, 5.74) is -0.613. The number of aliphatic hydroxyl groups excluding tert-OH is 2. The number of aromatic amines is 1. The summed E-state index contributed by atoms with van der Waals surface area (Å²) in [4.78, 5) is 59.1. The zero-order valence-electron chi connectivity index (χ0n) is 32.5. The smallest absolute Gasteiger partial charge is 0.332 e. The van der Waals surface area contributed by atoms with Crippen LogP contribution in [0, 0.1) is 0 Å². The Labute approximate surface area is 314 Å². The van der Waals surface area contributed by atoms with Gasteiger partial charge in [0.2, 0.25) is 0 Å². The number of hydrogen-bond acceptors (Lipinski definition) is 12. The van der Waals surface area contributed by atoms with Crippen molar-refractivity contribution < 1.29 is 29.2 Å². The van der Waals surface area contributed by atoms with Crippen molar-refractivity contribution in [2.75, 3.05) is 46.5 Å². The van der Waals surface area contributed by atoms with E-state index in [-0.39, 0.29) is 38.0 Å². The van der Waals surface area contributed by atoms with Crippen LogP contribution < -0.4 is 22.5 Å². The number of alkyl halides is 1. The number of hydrogen-bond donors (Lipinski definition) is 3. The van der Waals surface area contributed by atoms with E-state index in [9.17, 15) is 24.3 Å². The van der Waals surface area contributed by atoms with Crippen LogP contribution in [0.4, 0.5) is 0 Å². The third kappa shape index (κ3) is 14.2. The van der Waals surface area contributed by atoms with E-state index in [1.165, 1.54) is 36.0 Å². The highest BCUT2D eigenvalue weighted by Gasteiger charge is 2.19. The minimum Gasteiger partial charge on any atom is -0.389 e. The molecule has 0 fully saturated rings. The van der Waals surface area contributed by atoms with Crippen molar-refractivity contribution in [3.05, 3.63) is 54.3 Å². The normalized spacial score (nSPS) is 13.1. The lowest BCUT2D eigenvalue weighted by Gasteiger charge is -2.16. The second kappa shape index (κ2) is 21.0. The number of aromatic nitrogens is 8. The van der Waals surface area contributed by atoms with E-state index >= 15 is 0 Å². The number of H-pyrrole nitrogens is 1. The molecule has 4 aromatic rings. The molecule has 0 saturated heterocycles. The third-order valence-corrected chi connectivity index (χ3v) is 11.5. The standard InChI is InChI=1S/C16H28N4O5Si.C12H20N4O3Si.C4H9ClO2/c1-18-14-13(15(22)20(16(18)23)8-12(21)9-24-2)19(10-17-14)11-25-6-7-26(3,4)5;1-15-10-9(11(17)14-12(15)18)16(7-13-10)8-19-5-6-20(2,3)4;1-7-3-4(6)2-5/h10,12,21H,6-9,11H2,1-5H3;7H,5-6,8H2,1-4H3,(H,14,17,18);4,6H,2-3H2,1H3. The molecule has 4 heterocycles. The number of imidazole rings is 2. The SMILES string of the molecule is COCC(O)CCl.COCC(O)Cn1c(=O)c2c(ncn2COCC[Si](C)(C)C)n(C)c1=O.Cn1c(=O)[nH]c(=O)c2c1ncn2COCC[Si](C)(C)C. The van der Waals surface area contributed by atoms with E-state index < -0.39 is 50.9 Å². The van der Waals surface area contributed by atoms with E-state index in [1.807, 2.05) is 0 Å². The molecule has 0 saturated carbocycles. The Kier molecular flexibility index (Phi) is 18.2. The minimum atomic E-state index is -1.20. The number of ether oxygens (including phenoxy) is 4. The van der Waals surface area contributed by atoms with Gasteiger partial charge in [0.1, 0.15) is 13.5 Å². The van der Waals surface area contributed by atoms with Crippen molar-refractivity contribution in [1.82, 2.24) is 37.8 Å². The molecule has 2 atom stereocenters. The lowest BCUT2D eigenvalue weighted by atomic mass is 10.3. The Morgan fingerprint density at radius 3 is 1.70 bits per heavy atom. The number of rotatable bonds is 17. The molecule has 4 rings (SSSR count). The van der Waals surface area contributed by atoms with Crippen LogP contribution in [0.15, 0.2) is 31.8 Å². The molecule has 0 spiro atoms. The predicted molar refractivity (Wildman–Crippen MR) is 210 cm³/mol. The predicted octanol–water partition coefficient (Wildman–Crippen LogP) is 1.18. The maximum Gasteiger partial charge on any atom is 0.332 e. The zero-order chi connectivity index (χ0) is 40.1. The number of halogens is 1. The number of nitrogens with zero attached hydrogens (tertiary/aromatic N) is 7. The molecule has 18 nitrogen and oxygen atoms in total. The Morgan fingerprint density at radius 1 is 0.774 bits per heavy atom. The molecule has 0 aliphatic rings. The van der Waals surface area contributed by atoms with Crippen molar-refractivity contribution >= 4 is 50.1 Å². The van der Waals surface area contributed by atoms with E-state index in [0.717, 1.165) is 16.7 Å². The van der Waals surface area contributed by atoms with Crippen molar-refractivity contribution in [1.29, 1.82) is 0 Å². The molecule has 2 unspecified atom stereocenters. The van der Waals surface area contributed by atoms with Crippen LogP contribution in [-0.2, 0) is 53.0 Å². The van der Waals surface area contributed by atoms with Crippen LogP contribution in [0.25, 0.3) is 22.3 Å². The fraction of sp³-hybridized carbons (Fsp3) is 0.688. The van der Waals surface area contributed by atoms with E-state index in [1.54, 1.807) is 23.2 Å². The molecule has 300 valence electrons. The van der Waals surface area contributed by atoms with Crippen LogP contribution in [-0.4, -0.2) is 123 Å². The van der Waals surface area contributed by atoms with Crippen LogP contribution in [0.1, 0.15) is 0 Å². The fourth-order valence-corrected chi connectivity index (χ4v) is 6.24. The van der Waals surface area contributed by atoms with Crippen LogP contribution in [0.3, 0.4) is 0 Å². The first-order valence-corrected chi connectivity index (χ1v) is 25.0. The minimum absolute atomic E-state index is 0.0344. The number of nitrogens with one attached hydrogen (secondary N) is 1. The van der Waals surface area contributed by atoms with Gasteiger partial charge in [-0.2, -0.15) is 0 Å². The monoisotopic (exact) mass is 804 g/mol. The second-order valence-electron chi connectivity index (χ2n) is 14.9. The quantitative estimate of drug-likeness (QED) is 0.0781. The molecule has 21 heteroatoms. The van der Waals surface area contributed by atoms with Gasteiger partial charge in [0, 0.05) is 57.7 Å². The highest BCUT2D eigenvalue weighted by molar-refractivity contribution is 6.76. The molecule has 4 aromatic heterocycles. The molecule has 0 aromatic carbocycles. The van der Waals surface area contributed by atoms with Gasteiger partial charge < -0.3 is 38.3 Å². The first-order valence-electron chi connectivity index (χ1n) is 17.1. The van der Waals surface area contributed by atoms with Gasteiger partial charge in [0.25, 0.3) is 11.1 Å². The molecule has 0 aliphatic heterocycles. The number of aryl methyl sites for hydroxylation is 2. The summed E-state index contributed by atoms with van der Waals surface area (Å²) in [6.45, 7) is 15.6. The van der Waals surface area contributed by atoms with E-state index in [0.29, 0.717) is 36.6 Å². The highest BCUT2D eigenvalue weighted by atomic mass is 35.5. The number of fused-ring (bicyclic) bond motifs is 2. The van der Waals surface area contributed by atoms with Gasteiger partial charge in [0.15, 0.2) is 22.3 Å². The summed E-state index contributed by atoms with van der Waals surface area (Å²) in [6, 6.07) is 2.08. The Morgan fingerprint density at radius 2 is 1.25 bits per heavy atom. The fourth-order valence-electron chi connectivity index (χ4n) is 4.64.